The quantitative estimate of drug-likeness (QED) is 0.897. The van der Waals surface area contributed by atoms with Crippen molar-refractivity contribution in [2.45, 2.75) is 33.2 Å². The summed E-state index contributed by atoms with van der Waals surface area (Å²) in [6.45, 7) is 8.39. The molecule has 1 fully saturated rings. The fourth-order valence-electron chi connectivity index (χ4n) is 2.99. The molecule has 0 aromatic heterocycles. The van der Waals surface area contributed by atoms with Crippen molar-refractivity contribution in [1.82, 2.24) is 5.32 Å². The molecule has 3 N–H and O–H groups in total. The molecule has 0 saturated carbocycles. The van der Waals surface area contributed by atoms with Crippen LogP contribution in [-0.4, -0.2) is 20.2 Å². The van der Waals surface area contributed by atoms with E-state index in [1.54, 1.807) is 7.11 Å². The molecule has 2 rings (SSSR count). The number of hydrogen-bond donors (Lipinski definition) is 2. The molecule has 1 aromatic carbocycles. The average molecular weight is 327 g/mol. The van der Waals surface area contributed by atoms with Gasteiger partial charge in [0.05, 0.1) is 7.11 Å². The van der Waals surface area contributed by atoms with Crippen molar-refractivity contribution in [1.29, 1.82) is 0 Å². The molecule has 0 amide bonds. The lowest BCUT2D eigenvalue weighted by Gasteiger charge is -2.26. The first kappa shape index (κ1) is 14.8. The minimum atomic E-state index is 0.0283. The van der Waals surface area contributed by atoms with Crippen molar-refractivity contribution in [3.63, 3.8) is 0 Å². The predicted octanol–water partition coefficient (Wildman–Crippen LogP) is 2.99. The van der Waals surface area contributed by atoms with Gasteiger partial charge < -0.3 is 15.8 Å². The standard InChI is InChI=1S/C15H23BrN2O/c1-8-9(2)15(19-4)12(10(3)13(8)16)14(17)11-5-6-18-7-11/h11,14,18H,5-7,17H2,1-4H3. The van der Waals surface area contributed by atoms with E-state index in [1.807, 2.05) is 0 Å². The monoisotopic (exact) mass is 326 g/mol. The summed E-state index contributed by atoms with van der Waals surface area (Å²) in [6, 6.07) is 0.0283. The molecule has 1 aliphatic heterocycles. The number of nitrogens with two attached hydrogens (primary N) is 1. The lowest BCUT2D eigenvalue weighted by molar-refractivity contribution is 0.386. The van der Waals surface area contributed by atoms with Crippen molar-refractivity contribution in [2.24, 2.45) is 11.7 Å². The molecule has 106 valence electrons. The topological polar surface area (TPSA) is 47.3 Å². The van der Waals surface area contributed by atoms with Gasteiger partial charge in [0.15, 0.2) is 0 Å². The zero-order valence-electron chi connectivity index (χ0n) is 12.1. The van der Waals surface area contributed by atoms with Crippen molar-refractivity contribution >= 4 is 15.9 Å². The van der Waals surface area contributed by atoms with Gasteiger partial charge >= 0.3 is 0 Å². The van der Waals surface area contributed by atoms with Crippen molar-refractivity contribution in [3.8, 4) is 5.75 Å². The van der Waals surface area contributed by atoms with Gasteiger partial charge in [0, 0.05) is 16.1 Å². The molecule has 1 heterocycles. The number of benzene rings is 1. The van der Waals surface area contributed by atoms with Crippen LogP contribution in [0.25, 0.3) is 0 Å². The SMILES string of the molecule is COc1c(C)c(C)c(Br)c(C)c1C(N)C1CCNC1. The van der Waals surface area contributed by atoms with Gasteiger partial charge in [0.25, 0.3) is 0 Å². The second-order valence-corrected chi connectivity index (χ2v) is 6.21. The lowest BCUT2D eigenvalue weighted by Crippen LogP contribution is -2.25. The van der Waals surface area contributed by atoms with E-state index < -0.39 is 0 Å². The molecule has 1 aliphatic rings. The van der Waals surface area contributed by atoms with Gasteiger partial charge in [0.1, 0.15) is 5.75 Å². The third-order valence-corrected chi connectivity index (χ3v) is 5.54. The maximum atomic E-state index is 6.52. The molecule has 2 atom stereocenters. The van der Waals surface area contributed by atoms with Crippen LogP contribution in [-0.2, 0) is 0 Å². The third kappa shape index (κ3) is 2.54. The highest BCUT2D eigenvalue weighted by Gasteiger charge is 2.29. The number of hydrogen-bond acceptors (Lipinski definition) is 3. The fraction of sp³-hybridized carbons (Fsp3) is 0.600. The van der Waals surface area contributed by atoms with Crippen LogP contribution in [0.3, 0.4) is 0 Å². The Hall–Kier alpha value is -0.580. The van der Waals surface area contributed by atoms with Crippen LogP contribution in [0, 0.1) is 26.7 Å². The van der Waals surface area contributed by atoms with Crippen LogP contribution in [0.15, 0.2) is 4.47 Å². The molecular weight excluding hydrogens is 304 g/mol. The highest BCUT2D eigenvalue weighted by molar-refractivity contribution is 9.10. The molecule has 0 aliphatic carbocycles. The van der Waals surface area contributed by atoms with Gasteiger partial charge in [-0.15, -0.1) is 0 Å². The van der Waals surface area contributed by atoms with Crippen molar-refractivity contribution in [2.75, 3.05) is 20.2 Å². The van der Waals surface area contributed by atoms with Gasteiger partial charge in [-0.1, -0.05) is 15.9 Å². The molecule has 3 nitrogen and oxygen atoms in total. The zero-order valence-corrected chi connectivity index (χ0v) is 13.7. The van der Waals surface area contributed by atoms with Gasteiger partial charge in [-0.25, -0.2) is 0 Å². The number of nitrogens with one attached hydrogen (secondary N) is 1. The van der Waals surface area contributed by atoms with Crippen LogP contribution in [0.1, 0.15) is 34.7 Å². The Labute approximate surface area is 124 Å². The second-order valence-electron chi connectivity index (χ2n) is 5.41. The second kappa shape index (κ2) is 5.81. The zero-order chi connectivity index (χ0) is 14.2. The number of halogens is 1. The van der Waals surface area contributed by atoms with E-state index in [-0.39, 0.29) is 6.04 Å². The van der Waals surface area contributed by atoms with E-state index >= 15 is 0 Å². The molecule has 1 saturated heterocycles. The van der Waals surface area contributed by atoms with E-state index in [1.165, 1.54) is 16.7 Å². The van der Waals surface area contributed by atoms with Crippen LogP contribution < -0.4 is 15.8 Å². The summed E-state index contributed by atoms with van der Waals surface area (Å²) >= 11 is 3.69. The average Bonchev–Trinajstić information content (AvgIpc) is 2.93. The van der Waals surface area contributed by atoms with E-state index in [2.05, 4.69) is 42.0 Å². The summed E-state index contributed by atoms with van der Waals surface area (Å²) in [5, 5.41) is 3.39. The van der Waals surface area contributed by atoms with Gasteiger partial charge in [0.2, 0.25) is 0 Å². The molecule has 2 unspecified atom stereocenters. The van der Waals surface area contributed by atoms with Crippen molar-refractivity contribution in [3.05, 3.63) is 26.7 Å². The summed E-state index contributed by atoms with van der Waals surface area (Å²) in [7, 11) is 1.73. The van der Waals surface area contributed by atoms with Gasteiger partial charge in [-0.2, -0.15) is 0 Å². The van der Waals surface area contributed by atoms with Crippen LogP contribution in [0.2, 0.25) is 0 Å². The summed E-state index contributed by atoms with van der Waals surface area (Å²) in [4.78, 5) is 0. The molecule has 0 bridgehead atoms. The number of methoxy groups -OCH3 is 1. The van der Waals surface area contributed by atoms with E-state index in [4.69, 9.17) is 10.5 Å². The maximum Gasteiger partial charge on any atom is 0.127 e. The number of ether oxygens (including phenoxy) is 1. The Morgan fingerprint density at radius 1 is 1.26 bits per heavy atom. The largest absolute Gasteiger partial charge is 0.496 e. The molecular formula is C15H23BrN2O. The summed E-state index contributed by atoms with van der Waals surface area (Å²) in [5.41, 5.74) is 11.3. The summed E-state index contributed by atoms with van der Waals surface area (Å²) in [6.07, 6.45) is 1.13. The Balaban J connectivity index is 2.54. The number of rotatable bonds is 3. The minimum absolute atomic E-state index is 0.0283. The normalized spacial score (nSPS) is 20.6. The molecule has 19 heavy (non-hydrogen) atoms. The van der Waals surface area contributed by atoms with Crippen LogP contribution in [0.4, 0.5) is 0 Å². The smallest absolute Gasteiger partial charge is 0.127 e. The first-order valence-corrected chi connectivity index (χ1v) is 7.57. The predicted molar refractivity (Wildman–Crippen MR) is 82.8 cm³/mol. The maximum absolute atomic E-state index is 6.52. The molecule has 4 heteroatoms. The Bertz CT molecular complexity index is 482. The minimum Gasteiger partial charge on any atom is -0.496 e. The van der Waals surface area contributed by atoms with Crippen LogP contribution in [0.5, 0.6) is 5.75 Å². The highest BCUT2D eigenvalue weighted by atomic mass is 79.9. The first-order valence-electron chi connectivity index (χ1n) is 6.78. The van der Waals surface area contributed by atoms with Gasteiger partial charge in [-0.05, 0) is 62.9 Å². The lowest BCUT2D eigenvalue weighted by atomic mass is 9.87. The summed E-state index contributed by atoms with van der Waals surface area (Å²) in [5.74, 6) is 1.44. The first-order chi connectivity index (χ1) is 8.99. The van der Waals surface area contributed by atoms with E-state index in [0.717, 1.165) is 35.3 Å². The third-order valence-electron chi connectivity index (χ3n) is 4.35. The Morgan fingerprint density at radius 3 is 2.47 bits per heavy atom. The Morgan fingerprint density at radius 2 is 1.95 bits per heavy atom. The molecule has 0 radical (unpaired) electrons. The van der Waals surface area contributed by atoms with E-state index in [0.29, 0.717) is 5.92 Å². The highest BCUT2D eigenvalue weighted by Crippen LogP contribution is 2.41. The summed E-state index contributed by atoms with van der Waals surface area (Å²) < 4.78 is 6.81. The van der Waals surface area contributed by atoms with Crippen LogP contribution >= 0.6 is 15.9 Å². The molecule has 0 spiro atoms. The fourth-order valence-corrected chi connectivity index (χ4v) is 3.50. The van der Waals surface area contributed by atoms with Crippen molar-refractivity contribution < 1.29 is 4.74 Å². The molecule has 1 aromatic rings. The Kier molecular flexibility index (Phi) is 4.54. The van der Waals surface area contributed by atoms with Gasteiger partial charge in [-0.3, -0.25) is 0 Å². The van der Waals surface area contributed by atoms with E-state index in [9.17, 15) is 0 Å².